The third kappa shape index (κ3) is 4.59. The molecule has 0 spiro atoms. The Bertz CT molecular complexity index is 205. The van der Waals surface area contributed by atoms with Crippen molar-refractivity contribution >= 4 is 0 Å². The van der Waals surface area contributed by atoms with Crippen LogP contribution in [0.5, 0.6) is 0 Å². The molecule has 2 nitrogen and oxygen atoms in total. The van der Waals surface area contributed by atoms with E-state index in [1.165, 1.54) is 64.6 Å². The first-order chi connectivity index (χ1) is 8.31. The predicted molar refractivity (Wildman–Crippen MR) is 74.0 cm³/mol. The molecule has 0 aromatic rings. The van der Waals surface area contributed by atoms with Crippen molar-refractivity contribution < 1.29 is 0 Å². The zero-order chi connectivity index (χ0) is 12.1. The summed E-state index contributed by atoms with van der Waals surface area (Å²) in [7, 11) is 0. The van der Waals surface area contributed by atoms with E-state index >= 15 is 0 Å². The van der Waals surface area contributed by atoms with Crippen molar-refractivity contribution in [2.75, 3.05) is 26.2 Å². The van der Waals surface area contributed by atoms with E-state index in [0.717, 1.165) is 24.3 Å². The van der Waals surface area contributed by atoms with Gasteiger partial charge in [0, 0.05) is 13.1 Å². The lowest BCUT2D eigenvalue weighted by molar-refractivity contribution is 0.176. The van der Waals surface area contributed by atoms with E-state index in [2.05, 4.69) is 11.8 Å². The molecule has 100 valence electrons. The van der Waals surface area contributed by atoms with E-state index in [1.54, 1.807) is 0 Å². The molecule has 2 rings (SSSR count). The fourth-order valence-corrected chi connectivity index (χ4v) is 3.25. The number of nitrogens with zero attached hydrogens (tertiary/aromatic N) is 1. The molecular formula is C15H30N2. The van der Waals surface area contributed by atoms with E-state index in [0.29, 0.717) is 0 Å². The van der Waals surface area contributed by atoms with Crippen LogP contribution in [0.1, 0.15) is 51.9 Å². The highest BCUT2D eigenvalue weighted by molar-refractivity contribution is 4.80. The summed E-state index contributed by atoms with van der Waals surface area (Å²) in [6.45, 7) is 7.28. The van der Waals surface area contributed by atoms with Crippen LogP contribution in [0.15, 0.2) is 0 Å². The number of rotatable bonds is 7. The Morgan fingerprint density at radius 2 is 1.35 bits per heavy atom. The van der Waals surface area contributed by atoms with E-state index in [-0.39, 0.29) is 0 Å². The number of hydrogen-bond acceptors (Lipinski definition) is 2. The molecule has 17 heavy (non-hydrogen) atoms. The van der Waals surface area contributed by atoms with Gasteiger partial charge in [0.2, 0.25) is 0 Å². The van der Waals surface area contributed by atoms with Gasteiger partial charge in [0.15, 0.2) is 0 Å². The summed E-state index contributed by atoms with van der Waals surface area (Å²) in [6.07, 6.45) is 9.89. The molecule has 2 heteroatoms. The minimum Gasteiger partial charge on any atom is -0.330 e. The summed E-state index contributed by atoms with van der Waals surface area (Å²) in [5, 5.41) is 0. The molecule has 0 aromatic heterocycles. The molecule has 0 bridgehead atoms. The Hall–Kier alpha value is -0.0800. The van der Waals surface area contributed by atoms with E-state index in [9.17, 15) is 0 Å². The summed E-state index contributed by atoms with van der Waals surface area (Å²) in [5.41, 5.74) is 5.76. The lowest BCUT2D eigenvalue weighted by Crippen LogP contribution is -2.34. The fraction of sp³-hybridized carbons (Fsp3) is 1.00. The van der Waals surface area contributed by atoms with Crippen molar-refractivity contribution in [3.63, 3.8) is 0 Å². The zero-order valence-corrected chi connectivity index (χ0v) is 11.5. The highest BCUT2D eigenvalue weighted by atomic mass is 15.1. The van der Waals surface area contributed by atoms with Gasteiger partial charge in [-0.05, 0) is 75.8 Å². The first-order valence-electron chi connectivity index (χ1n) is 7.74. The maximum Gasteiger partial charge on any atom is 0.000977 e. The van der Waals surface area contributed by atoms with Gasteiger partial charge in [0.05, 0.1) is 0 Å². The maximum absolute atomic E-state index is 5.76. The molecule has 2 aliphatic rings. The van der Waals surface area contributed by atoms with Crippen molar-refractivity contribution in [1.29, 1.82) is 0 Å². The molecule has 2 fully saturated rings. The van der Waals surface area contributed by atoms with Crippen molar-refractivity contribution in [2.24, 2.45) is 23.5 Å². The Kier molecular flexibility index (Phi) is 5.30. The molecule has 0 amide bonds. The molecule has 0 radical (unpaired) electrons. The number of nitrogens with two attached hydrogens (primary N) is 1. The smallest absolute Gasteiger partial charge is 0.000977 e. The monoisotopic (exact) mass is 238 g/mol. The second-order valence-electron chi connectivity index (χ2n) is 6.33. The van der Waals surface area contributed by atoms with Crippen LogP contribution in [-0.2, 0) is 0 Å². The van der Waals surface area contributed by atoms with Gasteiger partial charge in [0.1, 0.15) is 0 Å². The van der Waals surface area contributed by atoms with Crippen molar-refractivity contribution in [2.45, 2.75) is 51.9 Å². The highest BCUT2D eigenvalue weighted by Crippen LogP contribution is 2.32. The molecule has 0 unspecified atom stereocenters. The molecule has 0 atom stereocenters. The van der Waals surface area contributed by atoms with Crippen LogP contribution in [0.25, 0.3) is 0 Å². The predicted octanol–water partition coefficient (Wildman–Crippen LogP) is 2.87. The Balaban J connectivity index is 1.69. The lowest BCUT2D eigenvalue weighted by Gasteiger charge is -2.32. The van der Waals surface area contributed by atoms with E-state index < -0.39 is 0 Å². The average Bonchev–Trinajstić information content (AvgIpc) is 3.14. The minimum atomic E-state index is 0.828. The van der Waals surface area contributed by atoms with Crippen molar-refractivity contribution in [1.82, 2.24) is 4.90 Å². The first-order valence-corrected chi connectivity index (χ1v) is 7.74. The standard InChI is InChI=1S/C15H30N2/c1-2-9-17(12-15-7-8-15)11-14-5-3-13(10-16)4-6-14/h13-15H,2-12,16H2,1H3. The summed E-state index contributed by atoms with van der Waals surface area (Å²) in [5.74, 6) is 2.83. The summed E-state index contributed by atoms with van der Waals surface area (Å²) >= 11 is 0. The van der Waals surface area contributed by atoms with Crippen LogP contribution >= 0.6 is 0 Å². The van der Waals surface area contributed by atoms with Gasteiger partial charge >= 0.3 is 0 Å². The van der Waals surface area contributed by atoms with Crippen LogP contribution in [-0.4, -0.2) is 31.1 Å². The van der Waals surface area contributed by atoms with Crippen molar-refractivity contribution in [3.8, 4) is 0 Å². The second kappa shape index (κ2) is 6.75. The SMILES string of the molecule is CCCN(CC1CCC(CN)CC1)CC1CC1. The van der Waals surface area contributed by atoms with Crippen LogP contribution in [0.2, 0.25) is 0 Å². The molecule has 2 aliphatic carbocycles. The molecule has 0 aliphatic heterocycles. The molecule has 0 aromatic carbocycles. The van der Waals surface area contributed by atoms with Crippen molar-refractivity contribution in [3.05, 3.63) is 0 Å². The van der Waals surface area contributed by atoms with Gasteiger partial charge in [-0.15, -0.1) is 0 Å². The third-order valence-electron chi connectivity index (χ3n) is 4.57. The van der Waals surface area contributed by atoms with Crippen LogP contribution < -0.4 is 5.73 Å². The molecule has 2 N–H and O–H groups in total. The van der Waals surface area contributed by atoms with Gasteiger partial charge in [-0.2, -0.15) is 0 Å². The van der Waals surface area contributed by atoms with Gasteiger partial charge in [-0.1, -0.05) is 6.92 Å². The normalized spacial score (nSPS) is 29.8. The first kappa shape index (κ1) is 13.4. The molecule has 0 saturated heterocycles. The van der Waals surface area contributed by atoms with Gasteiger partial charge in [-0.25, -0.2) is 0 Å². The zero-order valence-electron chi connectivity index (χ0n) is 11.5. The Labute approximate surface area is 107 Å². The van der Waals surface area contributed by atoms with Gasteiger partial charge in [0.25, 0.3) is 0 Å². The highest BCUT2D eigenvalue weighted by Gasteiger charge is 2.26. The molecular weight excluding hydrogens is 208 g/mol. The maximum atomic E-state index is 5.76. The minimum absolute atomic E-state index is 0.828. The average molecular weight is 238 g/mol. The van der Waals surface area contributed by atoms with E-state index in [4.69, 9.17) is 5.73 Å². The summed E-state index contributed by atoms with van der Waals surface area (Å²) in [6, 6.07) is 0. The summed E-state index contributed by atoms with van der Waals surface area (Å²) in [4.78, 5) is 2.74. The number of hydrogen-bond donors (Lipinski definition) is 1. The Morgan fingerprint density at radius 1 is 0.882 bits per heavy atom. The molecule has 0 heterocycles. The second-order valence-corrected chi connectivity index (χ2v) is 6.33. The summed E-state index contributed by atoms with van der Waals surface area (Å²) < 4.78 is 0. The third-order valence-corrected chi connectivity index (χ3v) is 4.57. The Morgan fingerprint density at radius 3 is 1.76 bits per heavy atom. The van der Waals surface area contributed by atoms with Gasteiger partial charge in [-0.3, -0.25) is 0 Å². The van der Waals surface area contributed by atoms with Crippen LogP contribution in [0.4, 0.5) is 0 Å². The largest absolute Gasteiger partial charge is 0.330 e. The van der Waals surface area contributed by atoms with Crippen LogP contribution in [0.3, 0.4) is 0 Å². The topological polar surface area (TPSA) is 29.3 Å². The fourth-order valence-electron chi connectivity index (χ4n) is 3.25. The van der Waals surface area contributed by atoms with E-state index in [1.807, 2.05) is 0 Å². The lowest BCUT2D eigenvalue weighted by atomic mass is 9.82. The van der Waals surface area contributed by atoms with Crippen LogP contribution in [0, 0.1) is 17.8 Å². The molecule has 2 saturated carbocycles. The van der Waals surface area contributed by atoms with Gasteiger partial charge < -0.3 is 10.6 Å². The quantitative estimate of drug-likeness (QED) is 0.739.